The van der Waals surface area contributed by atoms with E-state index in [9.17, 15) is 0 Å². The van der Waals surface area contributed by atoms with E-state index in [1.807, 2.05) is 13.8 Å². The Bertz CT molecular complexity index is 158. The summed E-state index contributed by atoms with van der Waals surface area (Å²) < 4.78 is 11.0. The van der Waals surface area contributed by atoms with Gasteiger partial charge < -0.3 is 19.7 Å². The smallest absolute Gasteiger partial charge is 0.163 e. The summed E-state index contributed by atoms with van der Waals surface area (Å²) >= 11 is 0. The highest BCUT2D eigenvalue weighted by Crippen LogP contribution is 2.27. The minimum atomic E-state index is -0.647. The molecule has 1 aliphatic heterocycles. The van der Waals surface area contributed by atoms with E-state index >= 15 is 0 Å². The van der Waals surface area contributed by atoms with Crippen molar-refractivity contribution < 1.29 is 19.7 Å². The number of hydrogen-bond acceptors (Lipinski definition) is 4. The summed E-state index contributed by atoms with van der Waals surface area (Å²) in [6.07, 6.45) is 1.08. The monoisotopic (exact) mass is 190 g/mol. The molecule has 0 aromatic heterocycles. The third-order valence-corrected chi connectivity index (χ3v) is 2.08. The topological polar surface area (TPSA) is 58.9 Å². The fourth-order valence-electron chi connectivity index (χ4n) is 1.65. The molecule has 0 aliphatic carbocycles. The van der Waals surface area contributed by atoms with Gasteiger partial charge >= 0.3 is 0 Å². The van der Waals surface area contributed by atoms with E-state index in [1.54, 1.807) is 0 Å². The Morgan fingerprint density at radius 2 is 1.85 bits per heavy atom. The molecule has 4 nitrogen and oxygen atoms in total. The molecule has 0 radical (unpaired) electrons. The first-order chi connectivity index (χ1) is 6.07. The molecule has 13 heavy (non-hydrogen) atoms. The molecule has 2 unspecified atom stereocenters. The molecule has 1 rings (SSSR count). The fraction of sp³-hybridized carbons (Fsp3) is 1.00. The van der Waals surface area contributed by atoms with Gasteiger partial charge in [0.25, 0.3) is 0 Å². The Morgan fingerprint density at radius 1 is 1.23 bits per heavy atom. The largest absolute Gasteiger partial charge is 0.396 e. The van der Waals surface area contributed by atoms with Crippen LogP contribution in [0.1, 0.15) is 26.7 Å². The van der Waals surface area contributed by atoms with Crippen LogP contribution >= 0.6 is 0 Å². The van der Waals surface area contributed by atoms with Crippen LogP contribution in [0.4, 0.5) is 0 Å². The summed E-state index contributed by atoms with van der Waals surface area (Å²) in [4.78, 5) is 0. The van der Waals surface area contributed by atoms with Crippen LogP contribution in [0.5, 0.6) is 0 Å². The van der Waals surface area contributed by atoms with Crippen molar-refractivity contribution in [2.75, 3.05) is 13.2 Å². The maximum Gasteiger partial charge on any atom is 0.163 e. The van der Waals surface area contributed by atoms with E-state index in [0.717, 1.165) is 0 Å². The Kier molecular flexibility index (Phi) is 3.67. The third kappa shape index (κ3) is 3.23. The van der Waals surface area contributed by atoms with Gasteiger partial charge in [-0.05, 0) is 20.3 Å². The molecule has 2 N–H and O–H groups in total. The predicted octanol–water partition coefficient (Wildman–Crippen LogP) is 0.271. The predicted molar refractivity (Wildman–Crippen MR) is 47.2 cm³/mol. The average molecular weight is 190 g/mol. The molecule has 0 aromatic carbocycles. The van der Waals surface area contributed by atoms with Gasteiger partial charge in [0, 0.05) is 13.0 Å². The highest BCUT2D eigenvalue weighted by molar-refractivity contribution is 4.75. The SMILES string of the molecule is CC1(C)OC(CO)CC(CCO)O1. The molecule has 0 bridgehead atoms. The van der Waals surface area contributed by atoms with Gasteiger partial charge in [-0.3, -0.25) is 0 Å². The third-order valence-electron chi connectivity index (χ3n) is 2.08. The van der Waals surface area contributed by atoms with E-state index in [4.69, 9.17) is 19.7 Å². The molecule has 0 saturated carbocycles. The second-order valence-corrected chi connectivity index (χ2v) is 3.81. The van der Waals surface area contributed by atoms with E-state index in [0.29, 0.717) is 12.8 Å². The lowest BCUT2D eigenvalue weighted by Crippen LogP contribution is -2.46. The lowest BCUT2D eigenvalue weighted by Gasteiger charge is -2.40. The highest BCUT2D eigenvalue weighted by atomic mass is 16.7. The van der Waals surface area contributed by atoms with Crippen molar-refractivity contribution in [1.82, 2.24) is 0 Å². The summed E-state index contributed by atoms with van der Waals surface area (Å²) in [5.41, 5.74) is 0. The molecule has 0 aromatic rings. The fourth-order valence-corrected chi connectivity index (χ4v) is 1.65. The number of hydrogen-bond donors (Lipinski definition) is 2. The highest BCUT2D eigenvalue weighted by Gasteiger charge is 2.34. The zero-order chi connectivity index (χ0) is 9.90. The van der Waals surface area contributed by atoms with Crippen LogP contribution in [0, 0.1) is 0 Å². The molecule has 0 amide bonds. The minimum Gasteiger partial charge on any atom is -0.396 e. The maximum absolute atomic E-state index is 8.97. The maximum atomic E-state index is 8.97. The van der Waals surface area contributed by atoms with Crippen molar-refractivity contribution in [1.29, 1.82) is 0 Å². The van der Waals surface area contributed by atoms with Crippen LogP contribution in [0.25, 0.3) is 0 Å². The lowest BCUT2D eigenvalue weighted by molar-refractivity contribution is -0.305. The van der Waals surface area contributed by atoms with Crippen molar-refractivity contribution in [3.05, 3.63) is 0 Å². The average Bonchev–Trinajstić information content (AvgIpc) is 2.02. The standard InChI is InChI=1S/C9H18O4/c1-9(2)12-7(3-4-10)5-8(6-11)13-9/h7-8,10-11H,3-6H2,1-2H3. The Morgan fingerprint density at radius 3 is 2.38 bits per heavy atom. The molecular formula is C9H18O4. The van der Waals surface area contributed by atoms with E-state index in [1.165, 1.54) is 0 Å². The first-order valence-electron chi connectivity index (χ1n) is 4.65. The van der Waals surface area contributed by atoms with Crippen LogP contribution in [-0.2, 0) is 9.47 Å². The van der Waals surface area contributed by atoms with Gasteiger partial charge in [0.2, 0.25) is 0 Å². The lowest BCUT2D eigenvalue weighted by atomic mass is 10.1. The van der Waals surface area contributed by atoms with E-state index in [2.05, 4.69) is 0 Å². The molecule has 4 heteroatoms. The van der Waals surface area contributed by atoms with Crippen LogP contribution in [0.2, 0.25) is 0 Å². The second-order valence-electron chi connectivity index (χ2n) is 3.81. The quantitative estimate of drug-likeness (QED) is 0.670. The molecule has 78 valence electrons. The van der Waals surface area contributed by atoms with Gasteiger partial charge in [-0.25, -0.2) is 0 Å². The van der Waals surface area contributed by atoms with Crippen molar-refractivity contribution in [2.45, 2.75) is 44.7 Å². The van der Waals surface area contributed by atoms with Crippen LogP contribution in [0.15, 0.2) is 0 Å². The van der Waals surface area contributed by atoms with Gasteiger partial charge in [0.05, 0.1) is 18.8 Å². The Labute approximate surface area is 78.5 Å². The van der Waals surface area contributed by atoms with Crippen LogP contribution < -0.4 is 0 Å². The number of rotatable bonds is 3. The normalized spacial score (nSPS) is 33.2. The first kappa shape index (κ1) is 10.9. The summed E-state index contributed by atoms with van der Waals surface area (Å²) in [5.74, 6) is -0.647. The second kappa shape index (κ2) is 4.37. The number of ether oxygens (including phenoxy) is 2. The van der Waals surface area contributed by atoms with Crippen molar-refractivity contribution >= 4 is 0 Å². The van der Waals surface area contributed by atoms with Gasteiger partial charge in [-0.1, -0.05) is 0 Å². The zero-order valence-electron chi connectivity index (χ0n) is 8.19. The molecule has 2 atom stereocenters. The Balaban J connectivity index is 2.49. The zero-order valence-corrected chi connectivity index (χ0v) is 8.19. The van der Waals surface area contributed by atoms with E-state index < -0.39 is 5.79 Å². The van der Waals surface area contributed by atoms with Gasteiger partial charge in [0.15, 0.2) is 5.79 Å². The van der Waals surface area contributed by atoms with Crippen LogP contribution in [0.3, 0.4) is 0 Å². The van der Waals surface area contributed by atoms with Gasteiger partial charge in [-0.15, -0.1) is 0 Å². The summed E-state index contributed by atoms with van der Waals surface area (Å²) in [6.45, 7) is 3.76. The van der Waals surface area contributed by atoms with Gasteiger partial charge in [-0.2, -0.15) is 0 Å². The van der Waals surface area contributed by atoms with Crippen molar-refractivity contribution in [2.24, 2.45) is 0 Å². The Hall–Kier alpha value is -0.160. The summed E-state index contributed by atoms with van der Waals surface area (Å²) in [6, 6.07) is 0. The van der Waals surface area contributed by atoms with Crippen molar-refractivity contribution in [3.8, 4) is 0 Å². The van der Waals surface area contributed by atoms with E-state index in [-0.39, 0.29) is 25.4 Å². The molecular weight excluding hydrogens is 172 g/mol. The number of aliphatic hydroxyl groups is 2. The molecule has 0 spiro atoms. The molecule has 1 saturated heterocycles. The number of aliphatic hydroxyl groups excluding tert-OH is 2. The summed E-state index contributed by atoms with van der Waals surface area (Å²) in [7, 11) is 0. The minimum absolute atomic E-state index is 0.00843. The summed E-state index contributed by atoms with van der Waals surface area (Å²) in [5, 5.41) is 17.7. The van der Waals surface area contributed by atoms with Gasteiger partial charge in [0.1, 0.15) is 0 Å². The van der Waals surface area contributed by atoms with Crippen LogP contribution in [-0.4, -0.2) is 41.4 Å². The molecule has 1 aliphatic rings. The first-order valence-corrected chi connectivity index (χ1v) is 4.65. The van der Waals surface area contributed by atoms with Crippen molar-refractivity contribution in [3.63, 3.8) is 0 Å². The molecule has 1 heterocycles. The molecule has 1 fully saturated rings.